The van der Waals surface area contributed by atoms with E-state index in [0.29, 0.717) is 18.0 Å². The van der Waals surface area contributed by atoms with E-state index in [1.165, 1.54) is 17.1 Å². The van der Waals surface area contributed by atoms with Crippen LogP contribution in [0.2, 0.25) is 0 Å². The van der Waals surface area contributed by atoms with Gasteiger partial charge >= 0.3 is 0 Å². The fraction of sp³-hybridized carbons (Fsp3) is 0.435. The number of fused-ring (bicyclic) bond motifs is 1. The predicted molar refractivity (Wildman–Crippen MR) is 120 cm³/mol. The van der Waals surface area contributed by atoms with Crippen molar-refractivity contribution in [3.8, 4) is 5.75 Å². The number of carbonyl (C=O) groups is 1. The van der Waals surface area contributed by atoms with Gasteiger partial charge in [-0.1, -0.05) is 29.8 Å². The molecule has 1 amide bonds. The third-order valence-electron chi connectivity index (χ3n) is 5.79. The average molecular weight is 444 g/mol. The summed E-state index contributed by atoms with van der Waals surface area (Å²) in [6.45, 7) is 5.60. The van der Waals surface area contributed by atoms with Gasteiger partial charge in [0.05, 0.1) is 17.1 Å². The standard InChI is InChI=1S/C23H29N3O4S/c1-18-9-11-19(12-10-18)31(28,29)26-17-22(30-21-8-3-2-7-20(21)26)23(27)24-13-6-16-25-14-4-5-15-25/h2-3,7-12,22H,4-6,13-17H2,1H3,(H,24,27)/t22-/m1/s1. The molecule has 7 nitrogen and oxygen atoms in total. The minimum Gasteiger partial charge on any atom is -0.476 e. The van der Waals surface area contributed by atoms with E-state index >= 15 is 0 Å². The number of para-hydroxylation sites is 2. The van der Waals surface area contributed by atoms with Gasteiger partial charge in [0.15, 0.2) is 6.10 Å². The summed E-state index contributed by atoms with van der Waals surface area (Å²) >= 11 is 0. The Labute approximate surface area is 184 Å². The second kappa shape index (κ2) is 9.28. The van der Waals surface area contributed by atoms with Gasteiger partial charge in [-0.2, -0.15) is 0 Å². The van der Waals surface area contributed by atoms with Gasteiger partial charge in [-0.3, -0.25) is 9.10 Å². The molecule has 1 N–H and O–H groups in total. The molecule has 2 aliphatic heterocycles. The molecular weight excluding hydrogens is 414 g/mol. The molecule has 2 aromatic carbocycles. The van der Waals surface area contributed by atoms with Crippen molar-refractivity contribution in [1.29, 1.82) is 0 Å². The molecule has 1 saturated heterocycles. The molecule has 0 spiro atoms. The number of aryl methyl sites for hydroxylation is 1. The van der Waals surface area contributed by atoms with Gasteiger partial charge < -0.3 is 15.0 Å². The van der Waals surface area contributed by atoms with Crippen molar-refractivity contribution in [2.75, 3.05) is 37.0 Å². The number of carbonyl (C=O) groups excluding carboxylic acids is 1. The van der Waals surface area contributed by atoms with Crippen molar-refractivity contribution >= 4 is 21.6 Å². The topological polar surface area (TPSA) is 79.0 Å². The molecule has 2 heterocycles. The monoisotopic (exact) mass is 443 g/mol. The zero-order chi connectivity index (χ0) is 21.8. The number of anilines is 1. The normalized spacial score (nSPS) is 19.0. The van der Waals surface area contributed by atoms with Crippen molar-refractivity contribution in [1.82, 2.24) is 10.2 Å². The Morgan fingerprint density at radius 2 is 1.81 bits per heavy atom. The third-order valence-corrected chi connectivity index (χ3v) is 7.58. The summed E-state index contributed by atoms with van der Waals surface area (Å²) in [6, 6.07) is 13.6. The minimum atomic E-state index is -3.83. The van der Waals surface area contributed by atoms with E-state index in [9.17, 15) is 13.2 Å². The van der Waals surface area contributed by atoms with Gasteiger partial charge in [0.2, 0.25) is 0 Å². The quantitative estimate of drug-likeness (QED) is 0.666. The van der Waals surface area contributed by atoms with Crippen LogP contribution in [0.4, 0.5) is 5.69 Å². The lowest BCUT2D eigenvalue weighted by Gasteiger charge is -2.34. The number of nitrogens with one attached hydrogen (secondary N) is 1. The Balaban J connectivity index is 1.47. The number of ether oxygens (including phenoxy) is 1. The van der Waals surface area contributed by atoms with Crippen LogP contribution in [0.15, 0.2) is 53.4 Å². The van der Waals surface area contributed by atoms with Crippen LogP contribution in [-0.2, 0) is 14.8 Å². The highest BCUT2D eigenvalue weighted by atomic mass is 32.2. The lowest BCUT2D eigenvalue weighted by atomic mass is 10.2. The largest absolute Gasteiger partial charge is 0.476 e. The molecule has 2 aromatic rings. The van der Waals surface area contributed by atoms with Crippen LogP contribution in [-0.4, -0.2) is 58.1 Å². The van der Waals surface area contributed by atoms with Crippen molar-refractivity contribution < 1.29 is 17.9 Å². The van der Waals surface area contributed by atoms with Crippen LogP contribution in [0, 0.1) is 6.92 Å². The number of hydrogen-bond donors (Lipinski definition) is 1. The number of nitrogens with zero attached hydrogens (tertiary/aromatic N) is 2. The second-order valence-electron chi connectivity index (χ2n) is 8.12. The van der Waals surface area contributed by atoms with Crippen LogP contribution in [0.25, 0.3) is 0 Å². The molecule has 8 heteroatoms. The van der Waals surface area contributed by atoms with Crippen molar-refractivity contribution in [3.63, 3.8) is 0 Å². The summed E-state index contributed by atoms with van der Waals surface area (Å²) in [5.74, 6) is 0.0988. The molecule has 0 aromatic heterocycles. The zero-order valence-corrected chi connectivity index (χ0v) is 18.6. The van der Waals surface area contributed by atoms with Crippen molar-refractivity contribution in [2.24, 2.45) is 0 Å². The first-order chi connectivity index (χ1) is 14.9. The molecule has 31 heavy (non-hydrogen) atoms. The van der Waals surface area contributed by atoms with Gasteiger partial charge in [-0.25, -0.2) is 8.42 Å². The Morgan fingerprint density at radius 1 is 1.10 bits per heavy atom. The van der Waals surface area contributed by atoms with Crippen molar-refractivity contribution in [3.05, 3.63) is 54.1 Å². The lowest BCUT2D eigenvalue weighted by Crippen LogP contribution is -2.51. The van der Waals surface area contributed by atoms with Gasteiger partial charge in [-0.05, 0) is 70.1 Å². The molecule has 0 aliphatic carbocycles. The summed E-state index contributed by atoms with van der Waals surface area (Å²) < 4.78 is 33.9. The van der Waals surface area contributed by atoms with Crippen LogP contribution in [0.3, 0.4) is 0 Å². The molecule has 1 fully saturated rings. The molecular formula is C23H29N3O4S. The van der Waals surface area contributed by atoms with E-state index in [0.717, 1.165) is 31.6 Å². The van der Waals surface area contributed by atoms with Crippen LogP contribution in [0.5, 0.6) is 5.75 Å². The molecule has 4 rings (SSSR count). The maximum atomic E-state index is 13.4. The Kier molecular flexibility index (Phi) is 6.48. The summed E-state index contributed by atoms with van der Waals surface area (Å²) in [6.07, 6.45) is 2.45. The first kappa shape index (κ1) is 21.6. The highest BCUT2D eigenvalue weighted by Crippen LogP contribution is 2.36. The fourth-order valence-corrected chi connectivity index (χ4v) is 5.51. The van der Waals surface area contributed by atoms with E-state index in [1.54, 1.807) is 48.5 Å². The second-order valence-corrected chi connectivity index (χ2v) is 9.98. The van der Waals surface area contributed by atoms with Gasteiger partial charge in [-0.15, -0.1) is 0 Å². The fourth-order valence-electron chi connectivity index (χ4n) is 4.04. The average Bonchev–Trinajstić information content (AvgIpc) is 3.29. The Morgan fingerprint density at radius 3 is 2.55 bits per heavy atom. The van der Waals surface area contributed by atoms with E-state index in [2.05, 4.69) is 10.2 Å². The molecule has 0 bridgehead atoms. The molecule has 0 unspecified atom stereocenters. The minimum absolute atomic E-state index is 0.0643. The SMILES string of the molecule is Cc1ccc(S(=O)(=O)N2C[C@H](C(=O)NCCCN3CCCC3)Oc3ccccc32)cc1. The number of benzene rings is 2. The number of hydrogen-bond acceptors (Lipinski definition) is 5. The maximum Gasteiger partial charge on any atom is 0.264 e. The number of likely N-dealkylation sites (tertiary alicyclic amines) is 1. The Hall–Kier alpha value is -2.58. The molecule has 2 aliphatic rings. The van der Waals surface area contributed by atoms with E-state index < -0.39 is 16.1 Å². The summed E-state index contributed by atoms with van der Waals surface area (Å²) in [7, 11) is -3.83. The highest BCUT2D eigenvalue weighted by Gasteiger charge is 2.37. The van der Waals surface area contributed by atoms with Crippen LogP contribution >= 0.6 is 0 Å². The summed E-state index contributed by atoms with van der Waals surface area (Å²) in [4.78, 5) is 15.4. The number of sulfonamides is 1. The predicted octanol–water partition coefficient (Wildman–Crippen LogP) is 2.55. The Bertz CT molecular complexity index is 1020. The van der Waals surface area contributed by atoms with E-state index in [1.807, 2.05) is 6.92 Å². The van der Waals surface area contributed by atoms with E-state index in [-0.39, 0.29) is 17.3 Å². The van der Waals surface area contributed by atoms with E-state index in [4.69, 9.17) is 4.74 Å². The summed E-state index contributed by atoms with van der Waals surface area (Å²) in [5.41, 5.74) is 1.42. The van der Waals surface area contributed by atoms with Gasteiger partial charge in [0, 0.05) is 6.54 Å². The molecule has 0 saturated carbocycles. The first-order valence-electron chi connectivity index (χ1n) is 10.8. The third kappa shape index (κ3) is 4.85. The summed E-state index contributed by atoms with van der Waals surface area (Å²) in [5, 5.41) is 2.91. The highest BCUT2D eigenvalue weighted by molar-refractivity contribution is 7.92. The lowest BCUT2D eigenvalue weighted by molar-refractivity contribution is -0.127. The van der Waals surface area contributed by atoms with Crippen LogP contribution in [0.1, 0.15) is 24.8 Å². The smallest absolute Gasteiger partial charge is 0.264 e. The van der Waals surface area contributed by atoms with Crippen molar-refractivity contribution in [2.45, 2.75) is 37.2 Å². The van der Waals surface area contributed by atoms with Crippen LogP contribution < -0.4 is 14.4 Å². The van der Waals surface area contributed by atoms with Gasteiger partial charge in [0.1, 0.15) is 5.75 Å². The number of rotatable bonds is 7. The first-order valence-corrected chi connectivity index (χ1v) is 12.2. The van der Waals surface area contributed by atoms with Gasteiger partial charge in [0.25, 0.3) is 15.9 Å². The maximum absolute atomic E-state index is 13.4. The molecule has 0 radical (unpaired) electrons. The molecule has 1 atom stereocenters. The number of amides is 1. The zero-order valence-electron chi connectivity index (χ0n) is 17.8. The molecule has 166 valence electrons.